The summed E-state index contributed by atoms with van der Waals surface area (Å²) < 4.78 is 93.3. The van der Waals surface area contributed by atoms with Crippen LogP contribution in [0.15, 0.2) is 29.4 Å². The van der Waals surface area contributed by atoms with Gasteiger partial charge < -0.3 is 9.88 Å². The number of rotatable bonds is 5. The molecule has 0 spiro atoms. The fraction of sp³-hybridized carbons (Fsp3) is 0.412. The van der Waals surface area contributed by atoms with Crippen molar-refractivity contribution in [1.29, 1.82) is 0 Å². The van der Waals surface area contributed by atoms with E-state index in [9.17, 15) is 35.2 Å². The zero-order valence-electron chi connectivity index (χ0n) is 16.0. The third kappa shape index (κ3) is 4.83. The molecule has 1 fully saturated rings. The molecule has 1 amide bonds. The highest BCUT2D eigenvalue weighted by atomic mass is 35.5. The number of alkyl halides is 5. The van der Waals surface area contributed by atoms with E-state index in [1.54, 1.807) is 0 Å². The number of carbonyl (C=O) groups excluding carboxylic acids is 1. The Morgan fingerprint density at radius 3 is 2.45 bits per heavy atom. The van der Waals surface area contributed by atoms with Gasteiger partial charge in [0.05, 0.1) is 5.02 Å². The molecule has 1 aliphatic rings. The Balaban J connectivity index is 1.85. The quantitative estimate of drug-likeness (QED) is 0.629. The second-order valence-electron chi connectivity index (χ2n) is 7.52. The van der Waals surface area contributed by atoms with Crippen LogP contribution in [-0.4, -0.2) is 35.3 Å². The fourth-order valence-corrected chi connectivity index (χ4v) is 5.52. The highest BCUT2D eigenvalue weighted by molar-refractivity contribution is 7.89. The molecular weight excluding hydrogens is 471 g/mol. The Hall–Kier alpha value is -2.25. The van der Waals surface area contributed by atoms with E-state index in [1.165, 1.54) is 14.0 Å². The van der Waals surface area contributed by atoms with Crippen molar-refractivity contribution < 1.29 is 35.2 Å². The predicted molar refractivity (Wildman–Crippen MR) is 101 cm³/mol. The molecule has 7 nitrogen and oxygen atoms in total. The molecule has 0 radical (unpaired) electrons. The summed E-state index contributed by atoms with van der Waals surface area (Å²) in [5.74, 6) is -3.96. The van der Waals surface area contributed by atoms with Crippen LogP contribution in [-0.2, 0) is 23.2 Å². The van der Waals surface area contributed by atoms with Crippen molar-refractivity contribution in [3.05, 3.63) is 40.9 Å². The highest BCUT2D eigenvalue weighted by Gasteiger charge is 2.55. The van der Waals surface area contributed by atoms with Crippen molar-refractivity contribution in [3.63, 3.8) is 0 Å². The Morgan fingerprint density at radius 2 is 1.90 bits per heavy atom. The van der Waals surface area contributed by atoms with Gasteiger partial charge in [0.25, 0.3) is 11.8 Å². The first-order valence-corrected chi connectivity index (χ1v) is 10.5. The molecule has 0 aromatic carbocycles. The molecule has 0 saturated heterocycles. The number of amides is 1. The summed E-state index contributed by atoms with van der Waals surface area (Å²) in [7, 11) is -3.07. The molecule has 14 heteroatoms. The zero-order valence-corrected chi connectivity index (χ0v) is 17.6. The van der Waals surface area contributed by atoms with Gasteiger partial charge in [-0.2, -0.15) is 13.2 Å². The molecule has 2 heterocycles. The number of aryl methyl sites for hydroxylation is 1. The molecule has 0 bridgehead atoms. The molecule has 31 heavy (non-hydrogen) atoms. The van der Waals surface area contributed by atoms with Gasteiger partial charge in [0.1, 0.15) is 16.3 Å². The lowest BCUT2D eigenvalue weighted by molar-refractivity contribution is -0.141. The first kappa shape index (κ1) is 23.4. The summed E-state index contributed by atoms with van der Waals surface area (Å²) in [6, 6.07) is 1.71. The van der Waals surface area contributed by atoms with E-state index in [-0.39, 0.29) is 11.4 Å². The first-order valence-electron chi connectivity index (χ1n) is 8.64. The maximum absolute atomic E-state index is 13.2. The van der Waals surface area contributed by atoms with Crippen molar-refractivity contribution in [2.75, 3.05) is 5.32 Å². The van der Waals surface area contributed by atoms with Crippen LogP contribution in [0.5, 0.6) is 0 Å². The first-order chi connectivity index (χ1) is 14.0. The molecule has 0 aliphatic heterocycles. The zero-order chi connectivity index (χ0) is 23.4. The number of pyridine rings is 1. The normalized spacial score (nSPS) is 17.8. The molecule has 2 N–H and O–H groups in total. The average Bonchev–Trinajstić information content (AvgIpc) is 2.87. The van der Waals surface area contributed by atoms with Crippen molar-refractivity contribution in [3.8, 4) is 0 Å². The lowest BCUT2D eigenvalue weighted by Gasteiger charge is -2.44. The lowest BCUT2D eigenvalue weighted by Crippen LogP contribution is -2.60. The summed E-state index contributed by atoms with van der Waals surface area (Å²) in [5.41, 5.74) is -3.20. The van der Waals surface area contributed by atoms with Gasteiger partial charge in [-0.05, 0) is 19.1 Å². The Morgan fingerprint density at radius 1 is 1.29 bits per heavy atom. The van der Waals surface area contributed by atoms with E-state index in [0.717, 1.165) is 23.0 Å². The SMILES string of the molecule is Cn1cc(S(=O)(=O)NC2(C)CC(F)(F)C2)c(Cl)c1C(=O)Nc1ccnc(C(F)(F)F)c1. The van der Waals surface area contributed by atoms with E-state index in [0.29, 0.717) is 6.07 Å². The number of anilines is 1. The Labute approximate surface area is 178 Å². The summed E-state index contributed by atoms with van der Waals surface area (Å²) in [4.78, 5) is 15.2. The van der Waals surface area contributed by atoms with Crippen LogP contribution >= 0.6 is 11.6 Å². The molecule has 0 atom stereocenters. The Kier molecular flexibility index (Phi) is 5.60. The minimum absolute atomic E-state index is 0.240. The maximum Gasteiger partial charge on any atom is 0.433 e. The fourth-order valence-electron chi connectivity index (χ4n) is 3.41. The van der Waals surface area contributed by atoms with Gasteiger partial charge in [0.2, 0.25) is 10.0 Å². The summed E-state index contributed by atoms with van der Waals surface area (Å²) >= 11 is 6.08. The van der Waals surface area contributed by atoms with E-state index in [2.05, 4.69) is 15.0 Å². The molecule has 1 saturated carbocycles. The predicted octanol–water partition coefficient (Wildman–Crippen LogP) is 3.81. The van der Waals surface area contributed by atoms with Gasteiger partial charge in [-0.3, -0.25) is 9.78 Å². The van der Waals surface area contributed by atoms with E-state index >= 15 is 0 Å². The lowest BCUT2D eigenvalue weighted by atomic mass is 9.76. The van der Waals surface area contributed by atoms with Gasteiger partial charge in [-0.25, -0.2) is 21.9 Å². The molecule has 170 valence electrons. The van der Waals surface area contributed by atoms with Gasteiger partial charge >= 0.3 is 6.18 Å². The molecule has 0 unspecified atom stereocenters. The summed E-state index contributed by atoms with van der Waals surface area (Å²) in [5, 5.41) is 1.69. The highest BCUT2D eigenvalue weighted by Crippen LogP contribution is 2.46. The summed E-state index contributed by atoms with van der Waals surface area (Å²) in [6.07, 6.45) is -4.26. The second-order valence-corrected chi connectivity index (χ2v) is 9.55. The largest absolute Gasteiger partial charge is 0.433 e. The standard InChI is InChI=1S/C17H16ClF5N4O3S/c1-15(7-16(19,20)8-15)26-31(29,30)10-6-27(2)13(12(10)18)14(28)25-9-3-4-24-11(5-9)17(21,22)23/h3-6,26H,7-8H2,1-2H3,(H,24,25,28). The Bertz CT molecular complexity index is 1140. The van der Waals surface area contributed by atoms with Crippen molar-refractivity contribution >= 4 is 33.2 Å². The average molecular weight is 487 g/mol. The maximum atomic E-state index is 13.2. The van der Waals surface area contributed by atoms with Crippen molar-refractivity contribution in [2.45, 2.75) is 42.3 Å². The molecular formula is C17H16ClF5N4O3S. The third-order valence-electron chi connectivity index (χ3n) is 4.58. The smallest absolute Gasteiger partial charge is 0.344 e. The van der Waals surface area contributed by atoms with Crippen LogP contribution < -0.4 is 10.0 Å². The van der Waals surface area contributed by atoms with Crippen molar-refractivity contribution in [1.82, 2.24) is 14.3 Å². The van der Waals surface area contributed by atoms with Gasteiger partial charge in [0, 0.05) is 43.5 Å². The van der Waals surface area contributed by atoms with Crippen LogP contribution in [0.2, 0.25) is 5.02 Å². The van der Waals surface area contributed by atoms with E-state index in [4.69, 9.17) is 11.6 Å². The number of sulfonamides is 1. The summed E-state index contributed by atoms with van der Waals surface area (Å²) in [6.45, 7) is 1.31. The minimum atomic E-state index is -4.73. The number of nitrogens with one attached hydrogen (secondary N) is 2. The second kappa shape index (κ2) is 7.41. The third-order valence-corrected chi connectivity index (χ3v) is 6.72. The number of aromatic nitrogens is 2. The number of nitrogens with zero attached hydrogens (tertiary/aromatic N) is 2. The van der Waals surface area contributed by atoms with E-state index < -0.39 is 62.0 Å². The molecule has 2 aromatic heterocycles. The van der Waals surface area contributed by atoms with E-state index in [1.807, 2.05) is 0 Å². The van der Waals surface area contributed by atoms with Gasteiger partial charge in [0.15, 0.2) is 0 Å². The van der Waals surface area contributed by atoms with Crippen molar-refractivity contribution in [2.24, 2.45) is 7.05 Å². The molecule has 3 rings (SSSR count). The van der Waals surface area contributed by atoms with Crippen LogP contribution in [0.1, 0.15) is 35.9 Å². The van der Waals surface area contributed by atoms with Crippen LogP contribution in [0.25, 0.3) is 0 Å². The van der Waals surface area contributed by atoms with Gasteiger partial charge in [-0.1, -0.05) is 11.6 Å². The topological polar surface area (TPSA) is 93.1 Å². The molecule has 2 aromatic rings. The monoisotopic (exact) mass is 486 g/mol. The molecule has 1 aliphatic carbocycles. The van der Waals surface area contributed by atoms with Crippen LogP contribution in [0.3, 0.4) is 0 Å². The number of halogens is 6. The van der Waals surface area contributed by atoms with Gasteiger partial charge in [-0.15, -0.1) is 0 Å². The minimum Gasteiger partial charge on any atom is -0.344 e. The number of hydrogen-bond acceptors (Lipinski definition) is 4. The van der Waals surface area contributed by atoms with Crippen LogP contribution in [0.4, 0.5) is 27.6 Å². The van der Waals surface area contributed by atoms with Crippen LogP contribution in [0, 0.1) is 0 Å². The number of carbonyl (C=O) groups is 1. The number of hydrogen-bond donors (Lipinski definition) is 2.